The Hall–Kier alpha value is -2.53. The molecule has 0 aliphatic carbocycles. The minimum absolute atomic E-state index is 0.112. The Morgan fingerprint density at radius 1 is 1.04 bits per heavy atom. The van der Waals surface area contributed by atoms with Crippen LogP contribution in [-0.2, 0) is 0 Å². The molecule has 0 saturated heterocycles. The van der Waals surface area contributed by atoms with Gasteiger partial charge in [0.05, 0.1) is 20.3 Å². The fourth-order valence-electron chi connectivity index (χ4n) is 2.99. The summed E-state index contributed by atoms with van der Waals surface area (Å²) in [4.78, 5) is 12.5. The van der Waals surface area contributed by atoms with Crippen LogP contribution in [0.1, 0.15) is 38.7 Å². The molecule has 0 aromatic heterocycles. The van der Waals surface area contributed by atoms with Crippen LogP contribution < -0.4 is 14.8 Å². The summed E-state index contributed by atoms with van der Waals surface area (Å²) in [6.07, 6.45) is -0.838. The average Bonchev–Trinajstić information content (AvgIpc) is 2.58. The molecule has 1 unspecified atom stereocenters. The highest BCUT2D eigenvalue weighted by molar-refractivity contribution is 5.97. The van der Waals surface area contributed by atoms with Crippen molar-refractivity contribution in [3.05, 3.63) is 58.1 Å². The van der Waals surface area contributed by atoms with Crippen LogP contribution in [0.3, 0.4) is 0 Å². The number of aliphatic hydroxyl groups excluding tert-OH is 1. The Morgan fingerprint density at radius 2 is 1.64 bits per heavy atom. The summed E-state index contributed by atoms with van der Waals surface area (Å²) >= 11 is 0. The number of aryl methyl sites for hydroxylation is 3. The first-order valence-corrected chi connectivity index (χ1v) is 8.13. The van der Waals surface area contributed by atoms with Crippen LogP contribution in [0.25, 0.3) is 0 Å². The highest BCUT2D eigenvalue weighted by Crippen LogP contribution is 2.29. The summed E-state index contributed by atoms with van der Waals surface area (Å²) in [5.41, 5.74) is 4.28. The first-order chi connectivity index (χ1) is 11.9. The highest BCUT2D eigenvalue weighted by Gasteiger charge is 2.16. The number of hydrogen-bond acceptors (Lipinski definition) is 4. The molecule has 2 aromatic carbocycles. The van der Waals surface area contributed by atoms with E-state index in [4.69, 9.17) is 9.47 Å². The molecular weight excluding hydrogens is 318 g/mol. The normalized spacial score (nSPS) is 11.8. The van der Waals surface area contributed by atoms with Gasteiger partial charge in [-0.2, -0.15) is 0 Å². The topological polar surface area (TPSA) is 67.8 Å². The van der Waals surface area contributed by atoms with Crippen LogP contribution in [0, 0.1) is 20.8 Å². The van der Waals surface area contributed by atoms with Crippen molar-refractivity contribution >= 4 is 5.91 Å². The zero-order valence-corrected chi connectivity index (χ0v) is 15.3. The number of aliphatic hydroxyl groups is 1. The van der Waals surface area contributed by atoms with E-state index in [0.29, 0.717) is 22.6 Å². The molecule has 0 heterocycles. The van der Waals surface area contributed by atoms with E-state index in [1.165, 1.54) is 0 Å². The van der Waals surface area contributed by atoms with Crippen LogP contribution >= 0.6 is 0 Å². The highest BCUT2D eigenvalue weighted by atomic mass is 16.5. The quantitative estimate of drug-likeness (QED) is 0.846. The summed E-state index contributed by atoms with van der Waals surface area (Å²) in [6, 6.07) is 9.14. The standard InChI is InChI=1S/C20H25NO4/c1-12-8-13(2)19(14(3)9-12)20(23)21-11-16(22)15-6-7-17(24-4)18(10-15)25-5/h6-10,16,22H,11H2,1-5H3,(H,21,23). The van der Waals surface area contributed by atoms with Crippen molar-refractivity contribution in [3.8, 4) is 11.5 Å². The predicted octanol–water partition coefficient (Wildman–Crippen LogP) is 3.09. The van der Waals surface area contributed by atoms with Crippen LogP contribution in [0.5, 0.6) is 11.5 Å². The minimum Gasteiger partial charge on any atom is -0.493 e. The minimum atomic E-state index is -0.838. The van der Waals surface area contributed by atoms with Gasteiger partial charge < -0.3 is 19.9 Å². The van der Waals surface area contributed by atoms with Gasteiger partial charge in [-0.25, -0.2) is 0 Å². The lowest BCUT2D eigenvalue weighted by atomic mass is 9.99. The van der Waals surface area contributed by atoms with E-state index < -0.39 is 6.10 Å². The molecule has 0 fully saturated rings. The van der Waals surface area contributed by atoms with Crippen molar-refractivity contribution < 1.29 is 19.4 Å². The third-order valence-electron chi connectivity index (χ3n) is 4.15. The second kappa shape index (κ2) is 8.03. The molecule has 1 amide bonds. The second-order valence-corrected chi connectivity index (χ2v) is 6.11. The van der Waals surface area contributed by atoms with Gasteiger partial charge in [0, 0.05) is 12.1 Å². The van der Waals surface area contributed by atoms with E-state index in [1.54, 1.807) is 32.4 Å². The van der Waals surface area contributed by atoms with E-state index in [2.05, 4.69) is 5.32 Å². The van der Waals surface area contributed by atoms with E-state index in [0.717, 1.165) is 16.7 Å². The Bertz CT molecular complexity index is 747. The predicted molar refractivity (Wildman–Crippen MR) is 97.5 cm³/mol. The van der Waals surface area contributed by atoms with Crippen LogP contribution in [0.15, 0.2) is 30.3 Å². The summed E-state index contributed by atoms with van der Waals surface area (Å²) in [6.45, 7) is 5.95. The Morgan fingerprint density at radius 3 is 2.20 bits per heavy atom. The first kappa shape index (κ1) is 18.8. The van der Waals surface area contributed by atoms with Gasteiger partial charge in [-0.05, 0) is 49.6 Å². The molecule has 0 spiro atoms. The lowest BCUT2D eigenvalue weighted by Crippen LogP contribution is -2.29. The van der Waals surface area contributed by atoms with Crippen molar-refractivity contribution in [1.82, 2.24) is 5.32 Å². The maximum absolute atomic E-state index is 12.5. The number of carbonyl (C=O) groups excluding carboxylic acids is 1. The number of methoxy groups -OCH3 is 2. The molecule has 0 radical (unpaired) electrons. The number of nitrogens with one attached hydrogen (secondary N) is 1. The molecule has 2 rings (SSSR count). The molecular formula is C20H25NO4. The number of benzene rings is 2. The van der Waals surface area contributed by atoms with Crippen molar-refractivity contribution in [2.75, 3.05) is 20.8 Å². The molecule has 5 nitrogen and oxygen atoms in total. The zero-order chi connectivity index (χ0) is 18.6. The maximum atomic E-state index is 12.5. The third kappa shape index (κ3) is 4.31. The van der Waals surface area contributed by atoms with E-state index in [1.807, 2.05) is 32.9 Å². The zero-order valence-electron chi connectivity index (χ0n) is 15.3. The number of hydrogen-bond donors (Lipinski definition) is 2. The maximum Gasteiger partial charge on any atom is 0.251 e. The molecule has 2 aromatic rings. The molecule has 134 valence electrons. The van der Waals surface area contributed by atoms with E-state index in [-0.39, 0.29) is 12.5 Å². The summed E-state index contributed by atoms with van der Waals surface area (Å²) in [5.74, 6) is 0.943. The number of ether oxygens (including phenoxy) is 2. The lowest BCUT2D eigenvalue weighted by Gasteiger charge is -2.16. The first-order valence-electron chi connectivity index (χ1n) is 8.13. The molecule has 0 aliphatic rings. The van der Waals surface area contributed by atoms with Gasteiger partial charge >= 0.3 is 0 Å². The molecule has 1 atom stereocenters. The van der Waals surface area contributed by atoms with Gasteiger partial charge in [-0.15, -0.1) is 0 Å². The fourth-order valence-corrected chi connectivity index (χ4v) is 2.99. The average molecular weight is 343 g/mol. The lowest BCUT2D eigenvalue weighted by molar-refractivity contribution is 0.0915. The van der Waals surface area contributed by atoms with E-state index >= 15 is 0 Å². The third-order valence-corrected chi connectivity index (χ3v) is 4.15. The largest absolute Gasteiger partial charge is 0.493 e. The van der Waals surface area contributed by atoms with Crippen LogP contribution in [-0.4, -0.2) is 31.8 Å². The van der Waals surface area contributed by atoms with Crippen molar-refractivity contribution in [3.63, 3.8) is 0 Å². The van der Waals surface area contributed by atoms with Gasteiger partial charge in [0.1, 0.15) is 0 Å². The van der Waals surface area contributed by atoms with Gasteiger partial charge in [-0.1, -0.05) is 23.8 Å². The molecule has 2 N–H and O–H groups in total. The smallest absolute Gasteiger partial charge is 0.251 e. The molecule has 0 bridgehead atoms. The molecule has 5 heteroatoms. The van der Waals surface area contributed by atoms with Crippen molar-refractivity contribution in [2.45, 2.75) is 26.9 Å². The monoisotopic (exact) mass is 343 g/mol. The Kier molecular flexibility index (Phi) is 6.04. The summed E-state index contributed by atoms with van der Waals surface area (Å²) in [5, 5.41) is 13.2. The van der Waals surface area contributed by atoms with E-state index in [9.17, 15) is 9.90 Å². The molecule has 0 aliphatic heterocycles. The van der Waals surface area contributed by atoms with Gasteiger partial charge in [0.15, 0.2) is 11.5 Å². The Balaban J connectivity index is 2.10. The van der Waals surface area contributed by atoms with Crippen LogP contribution in [0.2, 0.25) is 0 Å². The van der Waals surface area contributed by atoms with Crippen LogP contribution in [0.4, 0.5) is 0 Å². The van der Waals surface area contributed by atoms with Gasteiger partial charge in [0.25, 0.3) is 5.91 Å². The SMILES string of the molecule is COc1ccc(C(O)CNC(=O)c2c(C)cc(C)cc2C)cc1OC. The number of carbonyl (C=O) groups is 1. The summed E-state index contributed by atoms with van der Waals surface area (Å²) in [7, 11) is 3.10. The van der Waals surface area contributed by atoms with Gasteiger partial charge in [0.2, 0.25) is 0 Å². The Labute approximate surface area is 148 Å². The molecule has 0 saturated carbocycles. The summed E-state index contributed by atoms with van der Waals surface area (Å²) < 4.78 is 10.4. The van der Waals surface area contributed by atoms with Crippen molar-refractivity contribution in [2.24, 2.45) is 0 Å². The molecule has 25 heavy (non-hydrogen) atoms. The van der Waals surface area contributed by atoms with Crippen molar-refractivity contribution in [1.29, 1.82) is 0 Å². The second-order valence-electron chi connectivity index (χ2n) is 6.11. The number of amides is 1. The van der Waals surface area contributed by atoms with Gasteiger partial charge in [-0.3, -0.25) is 4.79 Å². The fraction of sp³-hybridized carbons (Fsp3) is 0.350. The number of rotatable bonds is 6.